The van der Waals surface area contributed by atoms with E-state index in [9.17, 15) is 9.59 Å². The summed E-state index contributed by atoms with van der Waals surface area (Å²) in [6.45, 7) is 3.24. The number of ether oxygens (including phenoxy) is 1. The van der Waals surface area contributed by atoms with Crippen LogP contribution >= 0.6 is 0 Å². The Bertz CT molecular complexity index is 383. The van der Waals surface area contributed by atoms with Gasteiger partial charge in [-0.2, -0.15) is 0 Å². The van der Waals surface area contributed by atoms with E-state index in [0.717, 1.165) is 0 Å². The average molecular weight is 212 g/mol. The summed E-state index contributed by atoms with van der Waals surface area (Å²) in [4.78, 5) is 21.9. The average Bonchev–Trinajstić information content (AvgIpc) is 2.47. The first-order chi connectivity index (χ1) is 7.04. The Hall–Kier alpha value is -1.98. The fourth-order valence-electron chi connectivity index (χ4n) is 0.966. The first kappa shape index (κ1) is 11.1. The second-order valence-electron chi connectivity index (χ2n) is 2.80. The zero-order chi connectivity index (χ0) is 11.4. The third-order valence-electron chi connectivity index (χ3n) is 1.53. The van der Waals surface area contributed by atoms with E-state index in [4.69, 9.17) is 14.9 Å². The molecule has 82 valence electrons. The molecule has 0 aliphatic heterocycles. The summed E-state index contributed by atoms with van der Waals surface area (Å²) in [5.41, 5.74) is 5.70. The lowest BCUT2D eigenvalue weighted by atomic mass is 10.4. The Balaban J connectivity index is 2.85. The summed E-state index contributed by atoms with van der Waals surface area (Å²) in [6, 6.07) is 1.31. The van der Waals surface area contributed by atoms with Gasteiger partial charge >= 0.3 is 5.97 Å². The van der Waals surface area contributed by atoms with E-state index in [0.29, 0.717) is 0 Å². The molecule has 6 heteroatoms. The largest absolute Gasteiger partial charge is 0.460 e. The van der Waals surface area contributed by atoms with E-state index in [1.165, 1.54) is 13.0 Å². The number of anilines is 2. The maximum absolute atomic E-state index is 11.2. The Kier molecular flexibility index (Phi) is 3.33. The molecule has 0 saturated carbocycles. The Morgan fingerprint density at radius 1 is 1.60 bits per heavy atom. The number of rotatable bonds is 3. The molecule has 6 nitrogen and oxygen atoms in total. The molecule has 1 aromatic rings. The van der Waals surface area contributed by atoms with Gasteiger partial charge in [0.1, 0.15) is 0 Å². The lowest BCUT2D eigenvalue weighted by Crippen LogP contribution is -2.06. The van der Waals surface area contributed by atoms with Crippen LogP contribution in [0, 0.1) is 0 Å². The van der Waals surface area contributed by atoms with Crippen molar-refractivity contribution in [3.63, 3.8) is 0 Å². The highest BCUT2D eigenvalue weighted by atomic mass is 16.5. The van der Waals surface area contributed by atoms with Gasteiger partial charge in [-0.05, 0) is 6.92 Å². The lowest BCUT2D eigenvalue weighted by molar-refractivity contribution is -0.114. The molecular weight excluding hydrogens is 200 g/mol. The molecule has 1 rings (SSSR count). The van der Waals surface area contributed by atoms with Crippen LogP contribution in [-0.2, 0) is 9.53 Å². The first-order valence-electron chi connectivity index (χ1n) is 4.38. The van der Waals surface area contributed by atoms with Crippen LogP contribution in [0.3, 0.4) is 0 Å². The van der Waals surface area contributed by atoms with Gasteiger partial charge in [-0.3, -0.25) is 10.1 Å². The van der Waals surface area contributed by atoms with E-state index in [1.807, 2.05) is 0 Å². The molecular formula is C9H12N2O4. The number of carbonyl (C=O) groups excluding carboxylic acids is 2. The molecule has 0 atom stereocenters. The molecule has 1 aromatic heterocycles. The van der Waals surface area contributed by atoms with Crippen LogP contribution in [0.4, 0.5) is 11.6 Å². The van der Waals surface area contributed by atoms with Gasteiger partial charge in [0.05, 0.1) is 12.3 Å². The maximum atomic E-state index is 11.2. The summed E-state index contributed by atoms with van der Waals surface area (Å²) in [5, 5.41) is 2.35. The summed E-state index contributed by atoms with van der Waals surface area (Å²) < 4.78 is 9.71. The third-order valence-corrected chi connectivity index (χ3v) is 1.53. The van der Waals surface area contributed by atoms with Gasteiger partial charge in [0.2, 0.25) is 17.6 Å². The third kappa shape index (κ3) is 2.73. The Labute approximate surface area is 86.4 Å². The van der Waals surface area contributed by atoms with Gasteiger partial charge < -0.3 is 14.9 Å². The van der Waals surface area contributed by atoms with Gasteiger partial charge in [-0.25, -0.2) is 4.79 Å². The molecule has 1 heterocycles. The van der Waals surface area contributed by atoms with Crippen LogP contribution in [0.25, 0.3) is 0 Å². The van der Waals surface area contributed by atoms with Crippen molar-refractivity contribution in [3.05, 3.63) is 11.8 Å². The SMILES string of the molecule is CCOC(=O)c1cc(N)c(NC(C)=O)o1. The van der Waals surface area contributed by atoms with Crippen molar-refractivity contribution >= 4 is 23.4 Å². The van der Waals surface area contributed by atoms with Crippen LogP contribution < -0.4 is 11.1 Å². The lowest BCUT2D eigenvalue weighted by Gasteiger charge is -1.98. The zero-order valence-electron chi connectivity index (χ0n) is 8.49. The molecule has 0 spiro atoms. The second-order valence-corrected chi connectivity index (χ2v) is 2.80. The highest BCUT2D eigenvalue weighted by Gasteiger charge is 2.16. The molecule has 0 bridgehead atoms. The molecule has 0 unspecified atom stereocenters. The van der Waals surface area contributed by atoms with Crippen molar-refractivity contribution in [2.24, 2.45) is 0 Å². The molecule has 15 heavy (non-hydrogen) atoms. The molecule has 0 fully saturated rings. The second kappa shape index (κ2) is 4.50. The van der Waals surface area contributed by atoms with Crippen molar-refractivity contribution in [2.75, 3.05) is 17.7 Å². The number of furan rings is 1. The van der Waals surface area contributed by atoms with Crippen LogP contribution in [0.15, 0.2) is 10.5 Å². The monoisotopic (exact) mass is 212 g/mol. The van der Waals surface area contributed by atoms with Crippen LogP contribution in [0.2, 0.25) is 0 Å². The summed E-state index contributed by atoms with van der Waals surface area (Å²) in [5.74, 6) is -0.907. The smallest absolute Gasteiger partial charge is 0.374 e. The molecule has 0 aromatic carbocycles. The number of nitrogens with two attached hydrogens (primary N) is 1. The van der Waals surface area contributed by atoms with E-state index in [2.05, 4.69) is 5.32 Å². The standard InChI is InChI=1S/C9H12N2O4/c1-3-14-9(13)7-4-6(10)8(15-7)11-5(2)12/h4H,3,10H2,1-2H3,(H,11,12). The maximum Gasteiger partial charge on any atom is 0.374 e. The minimum atomic E-state index is -0.610. The zero-order valence-corrected chi connectivity index (χ0v) is 8.49. The van der Waals surface area contributed by atoms with Crippen LogP contribution in [0.5, 0.6) is 0 Å². The topological polar surface area (TPSA) is 94.6 Å². The first-order valence-corrected chi connectivity index (χ1v) is 4.38. The number of carbonyl (C=O) groups is 2. The Morgan fingerprint density at radius 2 is 2.27 bits per heavy atom. The van der Waals surface area contributed by atoms with Crippen molar-refractivity contribution in [1.82, 2.24) is 0 Å². The van der Waals surface area contributed by atoms with Gasteiger partial charge in [-0.1, -0.05) is 0 Å². The van der Waals surface area contributed by atoms with Gasteiger partial charge in [0.25, 0.3) is 0 Å². The highest BCUT2D eigenvalue weighted by molar-refractivity contribution is 5.93. The van der Waals surface area contributed by atoms with Crippen LogP contribution in [0.1, 0.15) is 24.4 Å². The predicted molar refractivity (Wildman–Crippen MR) is 53.4 cm³/mol. The Morgan fingerprint density at radius 3 is 2.80 bits per heavy atom. The fraction of sp³-hybridized carbons (Fsp3) is 0.333. The number of hydrogen-bond donors (Lipinski definition) is 2. The van der Waals surface area contributed by atoms with Crippen LogP contribution in [-0.4, -0.2) is 18.5 Å². The van der Waals surface area contributed by atoms with E-state index in [1.54, 1.807) is 6.92 Å². The van der Waals surface area contributed by atoms with Crippen molar-refractivity contribution in [1.29, 1.82) is 0 Å². The molecule has 0 aliphatic rings. The summed E-state index contributed by atoms with van der Waals surface area (Å²) in [7, 11) is 0. The van der Waals surface area contributed by atoms with Gasteiger partial charge in [0, 0.05) is 13.0 Å². The van der Waals surface area contributed by atoms with Crippen molar-refractivity contribution in [3.8, 4) is 0 Å². The molecule has 3 N–H and O–H groups in total. The minimum absolute atomic E-state index is 0.0295. The highest BCUT2D eigenvalue weighted by Crippen LogP contribution is 2.23. The van der Waals surface area contributed by atoms with Gasteiger partial charge in [0.15, 0.2) is 0 Å². The minimum Gasteiger partial charge on any atom is -0.460 e. The van der Waals surface area contributed by atoms with E-state index < -0.39 is 5.97 Å². The van der Waals surface area contributed by atoms with Crippen molar-refractivity contribution in [2.45, 2.75) is 13.8 Å². The number of nitrogens with one attached hydrogen (secondary N) is 1. The molecule has 1 amide bonds. The molecule has 0 aliphatic carbocycles. The van der Waals surface area contributed by atoms with Crippen molar-refractivity contribution < 1.29 is 18.7 Å². The quantitative estimate of drug-likeness (QED) is 0.729. The number of nitrogen functional groups attached to an aromatic ring is 1. The van der Waals surface area contributed by atoms with E-state index in [-0.39, 0.29) is 29.8 Å². The molecule has 0 radical (unpaired) electrons. The number of esters is 1. The number of hydrogen-bond acceptors (Lipinski definition) is 5. The fourth-order valence-corrected chi connectivity index (χ4v) is 0.966. The molecule has 0 saturated heterocycles. The van der Waals surface area contributed by atoms with E-state index >= 15 is 0 Å². The predicted octanol–water partition coefficient (Wildman–Crippen LogP) is 0.997. The number of amides is 1. The summed E-state index contributed by atoms with van der Waals surface area (Å²) in [6.07, 6.45) is 0. The summed E-state index contributed by atoms with van der Waals surface area (Å²) >= 11 is 0. The normalized spacial score (nSPS) is 9.73. The van der Waals surface area contributed by atoms with Gasteiger partial charge in [-0.15, -0.1) is 0 Å².